The van der Waals surface area contributed by atoms with Crippen LogP contribution in [0.3, 0.4) is 0 Å². The average molecular weight is 1660 g/mol. The summed E-state index contributed by atoms with van der Waals surface area (Å²) in [4.78, 5) is 18.0. The van der Waals surface area contributed by atoms with Crippen LogP contribution in [0.1, 0.15) is 211 Å². The van der Waals surface area contributed by atoms with E-state index in [9.17, 15) is 0 Å². The number of hydrogen-bond acceptors (Lipinski definition) is 16. The molecule has 8 rings (SSSR count). The predicted octanol–water partition coefficient (Wildman–Crippen LogP) is 24.0. The zero-order chi connectivity index (χ0) is 90.1. The normalized spacial score (nSPS) is 10.9. The van der Waals surface area contributed by atoms with Crippen LogP contribution in [-0.2, 0) is 71.6 Å². The molecular weight excluding hydrogens is 1490 g/mol. The van der Waals surface area contributed by atoms with Crippen molar-refractivity contribution < 1.29 is 37.9 Å². The Balaban J connectivity index is 0.000000686. The van der Waals surface area contributed by atoms with Crippen molar-refractivity contribution in [3.8, 4) is 23.0 Å². The highest BCUT2D eigenvalue weighted by Gasteiger charge is 2.09. The Morgan fingerprint density at radius 2 is 0.375 bits per heavy atom. The minimum atomic E-state index is 0.240. The molecule has 0 saturated heterocycles. The van der Waals surface area contributed by atoms with Crippen LogP contribution in [0, 0.1) is 0 Å². The van der Waals surface area contributed by atoms with Gasteiger partial charge in [0.1, 0.15) is 23.0 Å². The molecule has 0 spiro atoms. The first-order valence-electron chi connectivity index (χ1n) is 44.4. The Kier molecular flexibility index (Phi) is 59.2. The lowest BCUT2D eigenvalue weighted by Gasteiger charge is -2.21. The molecule has 0 amide bonds. The van der Waals surface area contributed by atoms with E-state index in [1.807, 2.05) is 134 Å². The summed E-state index contributed by atoms with van der Waals surface area (Å²) in [6, 6.07) is 67.5. The van der Waals surface area contributed by atoms with Gasteiger partial charge in [0, 0.05) is 103 Å². The van der Waals surface area contributed by atoms with Crippen LogP contribution >= 0.6 is 0 Å². The standard InChI is InChI=1S/C15H25NO.2C14H23NO.2C13H21NO.2C12H19NO.C11H17NO/c1-5-16(6-2)11-14-7-9-15(10-8-14)12-17-13(3)4;1-5-15(6-2)14-9-7-13(8-10-14)11-16-12(3)4;1-5-15(6-2)11-13-7-9-14(10-8-13)16-12(3)4;1-11(2)15-10-13-7-5-12(6-8-13)9-14(3)4;1-5-14(6-2)12-7-9-13(10-8-12)15-11(3)4;1-10(2)14-9-11-5-7-12(8-6-11)13(3)4;1-10(2)14-12-7-5-11(6-8-12)9-13(3)4;1-9(2)13-11-7-5-10(6-8-11)12(3)4/h7-10,13H,5-6,11-12H2,1-4H3;2*7-10,12H,5-6,11H2,1-4H3;5-8,11H,9-10H2,1-4H3;7-11H,5-6H2,1-4H3;2*5-8,10H,9H2,1-4H3;5-9H,1-4H3. The van der Waals surface area contributed by atoms with Crippen molar-refractivity contribution in [2.24, 2.45) is 0 Å². The second-order valence-corrected chi connectivity index (χ2v) is 32.9. The topological polar surface area (TPSA) is 99.8 Å². The van der Waals surface area contributed by atoms with Crippen molar-refractivity contribution in [1.29, 1.82) is 0 Å². The summed E-state index contributed by atoms with van der Waals surface area (Å²) >= 11 is 0. The first kappa shape index (κ1) is 110. The lowest BCUT2D eigenvalue weighted by Crippen LogP contribution is -2.22. The van der Waals surface area contributed by atoms with Crippen LogP contribution < -0.4 is 38.5 Å². The van der Waals surface area contributed by atoms with E-state index in [-0.39, 0.29) is 24.4 Å². The Bertz CT molecular complexity index is 3660. The van der Waals surface area contributed by atoms with Crippen LogP contribution in [0.5, 0.6) is 23.0 Å². The van der Waals surface area contributed by atoms with Crippen LogP contribution in [0.2, 0.25) is 0 Å². The summed E-state index contributed by atoms with van der Waals surface area (Å²) in [6.45, 7) is 65.7. The van der Waals surface area contributed by atoms with E-state index in [1.54, 1.807) is 0 Å². The van der Waals surface area contributed by atoms with Crippen molar-refractivity contribution in [2.75, 3.05) is 128 Å². The molecule has 0 aliphatic heterocycles. The molecule has 0 saturated carbocycles. The fourth-order valence-electron chi connectivity index (χ4n) is 11.5. The minimum Gasteiger partial charge on any atom is -0.491 e. The molecule has 0 aliphatic carbocycles. The number of hydrogen-bond donors (Lipinski definition) is 0. The molecular formula is C104H168N8O8. The van der Waals surface area contributed by atoms with E-state index >= 15 is 0 Å². The minimum absolute atomic E-state index is 0.240. The molecule has 16 nitrogen and oxygen atoms in total. The number of nitrogens with zero attached hydrogens (tertiary/aromatic N) is 8. The highest BCUT2D eigenvalue weighted by atomic mass is 16.5. The van der Waals surface area contributed by atoms with Crippen LogP contribution in [0.25, 0.3) is 0 Å². The van der Waals surface area contributed by atoms with Crippen molar-refractivity contribution in [2.45, 2.75) is 268 Å². The van der Waals surface area contributed by atoms with Crippen LogP contribution in [-0.4, -0.2) is 177 Å². The van der Waals surface area contributed by atoms with Gasteiger partial charge in [0.05, 0.1) is 75.3 Å². The number of rotatable bonds is 40. The molecule has 0 heterocycles. The maximum Gasteiger partial charge on any atom is 0.119 e. The molecule has 0 atom stereocenters. The summed E-state index contributed by atoms with van der Waals surface area (Å²) in [6.07, 6.45) is 2.15. The van der Waals surface area contributed by atoms with E-state index in [0.29, 0.717) is 50.8 Å². The molecule has 0 aliphatic rings. The van der Waals surface area contributed by atoms with Gasteiger partial charge in [-0.05, 0) is 334 Å². The van der Waals surface area contributed by atoms with E-state index in [1.165, 1.54) is 67.3 Å². The molecule has 0 N–H and O–H groups in total. The van der Waals surface area contributed by atoms with Crippen LogP contribution in [0.4, 0.5) is 22.7 Å². The van der Waals surface area contributed by atoms with Gasteiger partial charge < -0.3 is 67.3 Å². The molecule has 0 unspecified atom stereocenters. The third kappa shape index (κ3) is 53.6. The Labute approximate surface area is 733 Å². The van der Waals surface area contributed by atoms with E-state index in [0.717, 1.165) is 102 Å². The Morgan fingerprint density at radius 3 is 0.567 bits per heavy atom. The van der Waals surface area contributed by atoms with Crippen molar-refractivity contribution in [1.82, 2.24) is 19.6 Å². The number of ether oxygens (including phenoxy) is 8. The number of anilines is 4. The maximum atomic E-state index is 5.61. The van der Waals surface area contributed by atoms with Gasteiger partial charge in [-0.3, -0.25) is 9.80 Å². The Morgan fingerprint density at radius 1 is 0.200 bits per heavy atom. The van der Waals surface area contributed by atoms with Gasteiger partial charge in [0.25, 0.3) is 0 Å². The van der Waals surface area contributed by atoms with Gasteiger partial charge in [0.15, 0.2) is 0 Å². The molecule has 8 aromatic rings. The third-order valence-electron chi connectivity index (χ3n) is 18.1. The molecule has 8 aromatic carbocycles. The predicted molar refractivity (Wildman–Crippen MR) is 518 cm³/mol. The van der Waals surface area contributed by atoms with Gasteiger partial charge in [-0.2, -0.15) is 0 Å². The van der Waals surface area contributed by atoms with Crippen LogP contribution in [0.15, 0.2) is 194 Å². The quantitative estimate of drug-likeness (QED) is 0.0364. The highest BCUT2D eigenvalue weighted by Crippen LogP contribution is 2.23. The summed E-state index contributed by atoms with van der Waals surface area (Å²) in [7, 11) is 16.4. The van der Waals surface area contributed by atoms with Gasteiger partial charge >= 0.3 is 0 Å². The summed E-state index contributed by atoms with van der Waals surface area (Å²) in [5.74, 6) is 3.78. The highest BCUT2D eigenvalue weighted by molar-refractivity contribution is 5.50. The fraction of sp³-hybridized carbons (Fsp3) is 0.538. The molecule has 16 heteroatoms. The summed E-state index contributed by atoms with van der Waals surface area (Å²) in [5, 5.41) is 0. The molecule has 0 radical (unpaired) electrons. The molecule has 672 valence electrons. The third-order valence-corrected chi connectivity index (χ3v) is 18.1. The largest absolute Gasteiger partial charge is 0.491 e. The fourth-order valence-corrected chi connectivity index (χ4v) is 11.5. The smallest absolute Gasteiger partial charge is 0.119 e. The monoisotopic (exact) mass is 1660 g/mol. The summed E-state index contributed by atoms with van der Waals surface area (Å²) in [5.41, 5.74) is 15.3. The lowest BCUT2D eigenvalue weighted by molar-refractivity contribution is 0.0655. The Hall–Kier alpha value is -8.16. The van der Waals surface area contributed by atoms with E-state index < -0.39 is 0 Å². The van der Waals surface area contributed by atoms with Gasteiger partial charge in [-0.1, -0.05) is 125 Å². The van der Waals surface area contributed by atoms with E-state index in [2.05, 4.69) is 322 Å². The van der Waals surface area contributed by atoms with E-state index in [4.69, 9.17) is 37.9 Å². The van der Waals surface area contributed by atoms with Crippen molar-refractivity contribution in [3.05, 3.63) is 239 Å². The zero-order valence-electron chi connectivity index (χ0n) is 81.3. The van der Waals surface area contributed by atoms with Crippen molar-refractivity contribution >= 4 is 22.7 Å². The second-order valence-electron chi connectivity index (χ2n) is 32.9. The number of benzene rings is 8. The van der Waals surface area contributed by atoms with Gasteiger partial charge in [-0.25, -0.2) is 0 Å². The first-order valence-corrected chi connectivity index (χ1v) is 44.4. The molecule has 120 heavy (non-hydrogen) atoms. The van der Waals surface area contributed by atoms with Gasteiger partial charge in [-0.15, -0.1) is 0 Å². The summed E-state index contributed by atoms with van der Waals surface area (Å²) < 4.78 is 44.5. The molecule has 0 bridgehead atoms. The lowest BCUT2D eigenvalue weighted by atomic mass is 10.1. The van der Waals surface area contributed by atoms with Crippen molar-refractivity contribution in [3.63, 3.8) is 0 Å². The maximum absolute atomic E-state index is 5.61. The zero-order valence-corrected chi connectivity index (χ0v) is 81.3. The second kappa shape index (κ2) is 64.6. The average Bonchev–Trinajstić information content (AvgIpc) is 0.910. The molecule has 0 aromatic heterocycles. The first-order chi connectivity index (χ1) is 57.0. The molecule has 0 fully saturated rings. The SMILES string of the molecule is CC(C)OCc1ccc(CN(C)C)cc1.CC(C)OCc1ccc(N(C)C)cc1.CC(C)Oc1ccc(CN(C)C)cc1.CC(C)Oc1ccc(N(C)C)cc1.CCN(CC)Cc1ccc(COC(C)C)cc1.CCN(CC)Cc1ccc(OC(C)C)cc1.CCN(CC)c1ccc(COC(C)C)cc1.CCN(CC)c1ccc(OC(C)C)cc1. The van der Waals surface area contributed by atoms with Gasteiger partial charge in [0.2, 0.25) is 0 Å².